The number of benzene rings is 3. The van der Waals surface area contributed by atoms with Crippen molar-refractivity contribution < 1.29 is 58.8 Å². The van der Waals surface area contributed by atoms with E-state index >= 15 is 0 Å². The molecule has 0 aliphatic rings. The topological polar surface area (TPSA) is 356 Å². The van der Waals surface area contributed by atoms with Gasteiger partial charge in [0.25, 0.3) is 0 Å². The summed E-state index contributed by atoms with van der Waals surface area (Å²) in [6, 6.07) is 12.3. The second-order valence-electron chi connectivity index (χ2n) is 18.7. The molecule has 24 heteroatoms. The summed E-state index contributed by atoms with van der Waals surface area (Å²) in [5.74, 6) is -5.58. The molecule has 4 rings (SSSR count). The third kappa shape index (κ3) is 20.4. The van der Waals surface area contributed by atoms with Crippen LogP contribution in [0, 0.1) is 0 Å². The zero-order valence-electron chi connectivity index (χ0n) is 44.2. The van der Waals surface area contributed by atoms with Crippen molar-refractivity contribution in [1.29, 1.82) is 0 Å². The van der Waals surface area contributed by atoms with E-state index in [4.69, 9.17) is 5.73 Å². The monoisotopic (exact) mass is 1120 g/mol. The molecule has 10 unspecified atom stereocenters. The molecule has 0 radical (unpaired) electrons. The van der Waals surface area contributed by atoms with Crippen LogP contribution in [0.3, 0.4) is 0 Å². The lowest BCUT2D eigenvalue weighted by Gasteiger charge is -2.28. The number of carboxylic acid groups (broad SMARTS) is 1. The summed E-state index contributed by atoms with van der Waals surface area (Å²) in [6.07, 6.45) is 0.341. The first-order chi connectivity index (χ1) is 37.3. The molecule has 0 bridgehead atoms. The molecule has 0 saturated carbocycles. The number of carbonyl (C=O) groups excluding carboxylic acids is 7. The van der Waals surface area contributed by atoms with Crippen LogP contribution in [0.15, 0.2) is 97.3 Å². The second-order valence-corrected chi connectivity index (χ2v) is 21.2. The number of H-pyrrole nitrogens is 1. The molecule has 0 fully saturated rings. The average molecular weight is 1120 g/mol. The fourth-order valence-electron chi connectivity index (χ4n) is 8.01. The molecule has 1 heterocycles. The number of unbranched alkanes of at least 4 members (excludes halogenated alkanes) is 1. The van der Waals surface area contributed by atoms with Crippen LogP contribution >= 0.6 is 21.6 Å². The van der Waals surface area contributed by atoms with E-state index in [1.807, 2.05) is 18.2 Å². The number of carbonyl (C=O) groups is 8. The van der Waals surface area contributed by atoms with Gasteiger partial charge in [0.1, 0.15) is 48.3 Å². The average Bonchev–Trinajstić information content (AvgIpc) is 3.84. The Labute approximate surface area is 461 Å². The summed E-state index contributed by atoms with van der Waals surface area (Å²) in [5.41, 5.74) is 8.57. The van der Waals surface area contributed by atoms with Crippen molar-refractivity contribution in [2.45, 2.75) is 126 Å². The first kappa shape index (κ1) is 63.6. The molecule has 3 aromatic carbocycles. The number of aromatic hydroxyl groups is 1. The summed E-state index contributed by atoms with van der Waals surface area (Å²) < 4.78 is 0. The number of carboxylic acids is 1. The molecular formula is C54H74N10O12S2. The van der Waals surface area contributed by atoms with Gasteiger partial charge in [-0.25, -0.2) is 4.79 Å². The number of aromatic amines is 1. The lowest BCUT2D eigenvalue weighted by molar-refractivity contribution is -0.142. The number of hydrogen-bond donors (Lipinski definition) is 14. The first-order valence-corrected chi connectivity index (χ1v) is 28.1. The highest BCUT2D eigenvalue weighted by Crippen LogP contribution is 2.25. The summed E-state index contributed by atoms with van der Waals surface area (Å²) >= 11 is 0. The molecule has 10 atom stereocenters. The van der Waals surface area contributed by atoms with E-state index in [2.05, 4.69) is 54.1 Å². The number of aromatic nitrogens is 1. The highest BCUT2D eigenvalue weighted by molar-refractivity contribution is 8.76. The maximum absolute atomic E-state index is 14.9. The minimum atomic E-state index is -1.46. The predicted molar refractivity (Wildman–Crippen MR) is 300 cm³/mol. The smallest absolute Gasteiger partial charge is 0.328 e. The Bertz CT molecular complexity index is 2620. The van der Waals surface area contributed by atoms with Gasteiger partial charge in [0.2, 0.25) is 35.4 Å². The van der Waals surface area contributed by atoms with Crippen molar-refractivity contribution in [2.75, 3.05) is 25.1 Å². The van der Waals surface area contributed by atoms with Crippen LogP contribution < -0.4 is 48.3 Å². The van der Waals surface area contributed by atoms with Gasteiger partial charge >= 0.3 is 5.97 Å². The van der Waals surface area contributed by atoms with Crippen LogP contribution in [0.1, 0.15) is 63.1 Å². The van der Waals surface area contributed by atoms with E-state index in [1.165, 1.54) is 36.8 Å². The van der Waals surface area contributed by atoms with Crippen molar-refractivity contribution in [3.05, 3.63) is 114 Å². The van der Waals surface area contributed by atoms with Crippen LogP contribution in [0.5, 0.6) is 5.75 Å². The van der Waals surface area contributed by atoms with Crippen molar-refractivity contribution >= 4 is 80.2 Å². The molecular weight excluding hydrogens is 1040 g/mol. The number of amides is 6. The summed E-state index contributed by atoms with van der Waals surface area (Å²) in [5, 5.41) is 62.8. The van der Waals surface area contributed by atoms with Crippen molar-refractivity contribution in [1.82, 2.24) is 47.5 Å². The number of fused-ring (bicyclic) bond motifs is 1. The SMILES string of the molecule is C=C(NC(C(=O)O)C(C)O)C(CSSCC(NC(=O)C(Cc1ccccc1)NC(=O)CC)C(=O)NC(Cc1ccc(O)cc1)C(=O)NC(Cc1c[nH]c2ccccc12)C(=O)NC(CCCCN)C(=O)NC(C=O)C(C)O)NC. The van der Waals surface area contributed by atoms with Crippen molar-refractivity contribution in [3.8, 4) is 5.75 Å². The van der Waals surface area contributed by atoms with E-state index in [0.29, 0.717) is 36.8 Å². The molecule has 22 nitrogen and oxygen atoms in total. The third-order valence-electron chi connectivity index (χ3n) is 12.6. The van der Waals surface area contributed by atoms with Gasteiger partial charge in [-0.2, -0.15) is 0 Å². The Morgan fingerprint density at radius 1 is 0.654 bits per heavy atom. The Hall–Kier alpha value is -6.96. The number of aliphatic hydroxyl groups excluding tert-OH is 2. The van der Waals surface area contributed by atoms with Gasteiger partial charge in [-0.3, -0.25) is 28.8 Å². The lowest BCUT2D eigenvalue weighted by atomic mass is 10.0. The Morgan fingerprint density at radius 2 is 1.18 bits per heavy atom. The van der Waals surface area contributed by atoms with E-state index in [-0.39, 0.29) is 55.1 Å². The van der Waals surface area contributed by atoms with Gasteiger partial charge in [0.15, 0.2) is 6.04 Å². The zero-order valence-corrected chi connectivity index (χ0v) is 45.8. The highest BCUT2D eigenvalue weighted by atomic mass is 33.1. The minimum Gasteiger partial charge on any atom is -0.508 e. The summed E-state index contributed by atoms with van der Waals surface area (Å²) in [6.45, 7) is 8.53. The molecule has 15 N–H and O–H groups in total. The fraction of sp³-hybridized carbons (Fsp3) is 0.444. The maximum atomic E-state index is 14.9. The number of aldehydes is 1. The van der Waals surface area contributed by atoms with Gasteiger partial charge < -0.3 is 78.5 Å². The first-order valence-electron chi connectivity index (χ1n) is 25.6. The fourth-order valence-corrected chi connectivity index (χ4v) is 10.5. The number of rotatable bonds is 35. The number of para-hydroxylation sites is 1. The van der Waals surface area contributed by atoms with Crippen molar-refractivity contribution in [2.24, 2.45) is 5.73 Å². The van der Waals surface area contributed by atoms with Gasteiger partial charge in [0.05, 0.1) is 18.2 Å². The van der Waals surface area contributed by atoms with Gasteiger partial charge in [-0.05, 0) is 81.6 Å². The minimum absolute atomic E-state index is 0.0608. The summed E-state index contributed by atoms with van der Waals surface area (Å²) in [4.78, 5) is 112. The van der Waals surface area contributed by atoms with Gasteiger partial charge in [-0.1, -0.05) is 95.8 Å². The maximum Gasteiger partial charge on any atom is 0.328 e. The number of likely N-dealkylation sites (N-methyl/N-ethyl adjacent to an activating group) is 1. The van der Waals surface area contributed by atoms with Crippen LogP contribution in [-0.4, -0.2) is 159 Å². The molecule has 0 spiro atoms. The van der Waals surface area contributed by atoms with E-state index in [0.717, 1.165) is 27.3 Å². The van der Waals surface area contributed by atoms with E-state index in [9.17, 15) is 58.8 Å². The van der Waals surface area contributed by atoms with E-state index < -0.39 is 102 Å². The molecule has 1 aromatic heterocycles. The largest absolute Gasteiger partial charge is 0.508 e. The Kier molecular flexibility index (Phi) is 26.7. The number of phenols is 1. The summed E-state index contributed by atoms with van der Waals surface area (Å²) in [7, 11) is 4.04. The predicted octanol–water partition coefficient (Wildman–Crippen LogP) is 0.836. The number of aliphatic carboxylic acids is 1. The van der Waals surface area contributed by atoms with Crippen LogP contribution in [-0.2, 0) is 57.6 Å². The van der Waals surface area contributed by atoms with Gasteiger partial charge in [-0.15, -0.1) is 0 Å². The van der Waals surface area contributed by atoms with Crippen molar-refractivity contribution in [3.63, 3.8) is 0 Å². The Morgan fingerprint density at radius 3 is 1.74 bits per heavy atom. The van der Waals surface area contributed by atoms with Crippen LogP contribution in [0.2, 0.25) is 0 Å². The molecule has 0 aliphatic carbocycles. The van der Waals surface area contributed by atoms with Crippen LogP contribution in [0.4, 0.5) is 0 Å². The number of hydrogen-bond acceptors (Lipinski definition) is 16. The number of nitrogens with two attached hydrogens (primary N) is 1. The highest BCUT2D eigenvalue weighted by Gasteiger charge is 2.34. The van der Waals surface area contributed by atoms with Gasteiger partial charge in [0, 0.05) is 60.0 Å². The second kappa shape index (κ2) is 32.7. The number of nitrogens with one attached hydrogen (secondary N) is 9. The number of phenolic OH excluding ortho intramolecular Hbond substituents is 1. The molecule has 424 valence electrons. The zero-order chi connectivity index (χ0) is 57.3. The molecule has 4 aromatic rings. The van der Waals surface area contributed by atoms with Crippen LogP contribution in [0.25, 0.3) is 10.9 Å². The molecule has 0 aliphatic heterocycles. The standard InChI is InChI=1S/C54H74N10O12S2/c1-6-47(69)59-41(24-34-14-8-7-9-15-34)50(71)64-46(30-78-77-29-45(56-5)31(2)58-48(33(4)67)54(75)76)53(74)61-42(25-35-19-21-37(68)22-20-35)51(72)62-43(26-36-27-57-39-17-11-10-16-38(36)39)52(73)60-40(18-12-13-23-55)49(70)63-44(28-65)32(3)66/h7-11,14-17,19-22,27-28,32-33,40-46,48,56-58,66-68H,2,6,12-13,18,23-26,29-30,55H2,1,3-5H3,(H,59,69)(H,60,73)(H,61,74)(H,62,72)(H,63,70)(H,64,71)(H,75,76). The molecule has 6 amide bonds. The quantitative estimate of drug-likeness (QED) is 0.0172. The molecule has 0 saturated heterocycles. The molecule has 78 heavy (non-hydrogen) atoms. The lowest BCUT2D eigenvalue weighted by Crippen LogP contribution is -2.60. The number of aliphatic hydroxyl groups is 2. The third-order valence-corrected chi connectivity index (χ3v) is 15.0. The van der Waals surface area contributed by atoms with E-state index in [1.54, 1.807) is 68.7 Å². The Balaban J connectivity index is 1.72. The normalized spacial score (nSPS) is 15.1.